The first-order valence-electron chi connectivity index (χ1n) is 7.26. The van der Waals surface area contributed by atoms with E-state index in [2.05, 4.69) is 34.5 Å². The molecule has 1 heterocycles. The van der Waals surface area contributed by atoms with Crippen molar-refractivity contribution < 1.29 is 0 Å². The van der Waals surface area contributed by atoms with E-state index in [1.165, 1.54) is 11.9 Å². The predicted octanol–water partition coefficient (Wildman–Crippen LogP) is 4.42. The van der Waals surface area contributed by atoms with Gasteiger partial charge >= 0.3 is 0 Å². The second-order valence-corrected chi connectivity index (χ2v) is 6.03. The normalized spacial score (nSPS) is 12.3. The van der Waals surface area contributed by atoms with Gasteiger partial charge < -0.3 is 5.32 Å². The molecule has 1 atom stereocenters. The molecule has 0 saturated heterocycles. The maximum atomic E-state index is 6.21. The molecule has 0 spiro atoms. The van der Waals surface area contributed by atoms with E-state index in [9.17, 15) is 0 Å². The van der Waals surface area contributed by atoms with Crippen LogP contribution in [0.3, 0.4) is 0 Å². The van der Waals surface area contributed by atoms with Gasteiger partial charge in [0.05, 0.1) is 15.7 Å². The Morgan fingerprint density at radius 2 is 1.91 bits per heavy atom. The molecule has 0 saturated carbocycles. The first kappa shape index (κ1) is 16.0. The van der Waals surface area contributed by atoms with Crippen molar-refractivity contribution in [3.63, 3.8) is 0 Å². The number of rotatable bonds is 5. The minimum atomic E-state index is 0.190. The second-order valence-electron chi connectivity index (χ2n) is 5.25. The Labute approximate surface area is 145 Å². The van der Waals surface area contributed by atoms with Gasteiger partial charge in [0.15, 0.2) is 0 Å². The van der Waals surface area contributed by atoms with Crippen molar-refractivity contribution in [2.75, 3.05) is 0 Å². The first-order valence-corrected chi connectivity index (χ1v) is 8.02. The fraction of sp³-hybridized carbons (Fsp3) is 0.176. The van der Waals surface area contributed by atoms with Gasteiger partial charge in [-0.05, 0) is 36.2 Å². The van der Waals surface area contributed by atoms with Crippen molar-refractivity contribution in [2.45, 2.75) is 19.5 Å². The highest BCUT2D eigenvalue weighted by Gasteiger charge is 2.08. The van der Waals surface area contributed by atoms with Gasteiger partial charge in [0.25, 0.3) is 0 Å². The van der Waals surface area contributed by atoms with E-state index >= 15 is 0 Å². The Bertz CT molecular complexity index is 770. The second kappa shape index (κ2) is 7.13. The number of nitrogens with one attached hydrogen (secondary N) is 1. The molecule has 0 aliphatic rings. The molecule has 6 heteroatoms. The van der Waals surface area contributed by atoms with Gasteiger partial charge in [-0.25, -0.2) is 9.67 Å². The number of benzene rings is 2. The topological polar surface area (TPSA) is 42.7 Å². The van der Waals surface area contributed by atoms with E-state index in [0.29, 0.717) is 16.6 Å². The highest BCUT2D eigenvalue weighted by atomic mass is 35.5. The Hall–Kier alpha value is -1.88. The zero-order valence-corrected chi connectivity index (χ0v) is 14.1. The van der Waals surface area contributed by atoms with Crippen LogP contribution in [0, 0.1) is 0 Å². The summed E-state index contributed by atoms with van der Waals surface area (Å²) in [5.41, 5.74) is 3.16. The Kier molecular flexibility index (Phi) is 4.96. The van der Waals surface area contributed by atoms with Gasteiger partial charge in [0, 0.05) is 12.6 Å². The van der Waals surface area contributed by atoms with E-state index in [0.717, 1.165) is 11.3 Å². The maximum absolute atomic E-state index is 6.21. The molecule has 2 aromatic carbocycles. The molecule has 0 fully saturated rings. The Balaban J connectivity index is 1.66. The quantitative estimate of drug-likeness (QED) is 0.743. The standard InChI is InChI=1S/C17H16Cl2N4/c1-12(21-9-14-3-2-4-16(18)17(14)19)13-5-7-15(8-6-13)23-11-20-10-22-23/h2-8,10-12,21H,9H2,1H3. The van der Waals surface area contributed by atoms with Crippen molar-refractivity contribution in [1.82, 2.24) is 20.1 Å². The van der Waals surface area contributed by atoms with Crippen LogP contribution in [0.25, 0.3) is 5.69 Å². The SMILES string of the molecule is CC(NCc1cccc(Cl)c1Cl)c1ccc(-n2cncn2)cc1. The van der Waals surface area contributed by atoms with Crippen LogP contribution < -0.4 is 5.32 Å². The molecule has 0 amide bonds. The van der Waals surface area contributed by atoms with E-state index in [4.69, 9.17) is 23.2 Å². The monoisotopic (exact) mass is 346 g/mol. The molecular formula is C17H16Cl2N4. The molecule has 4 nitrogen and oxygen atoms in total. The number of nitrogens with zero attached hydrogens (tertiary/aromatic N) is 3. The van der Waals surface area contributed by atoms with E-state index in [1.54, 1.807) is 17.1 Å². The van der Waals surface area contributed by atoms with Crippen LogP contribution in [0.1, 0.15) is 24.1 Å². The molecule has 23 heavy (non-hydrogen) atoms. The van der Waals surface area contributed by atoms with E-state index < -0.39 is 0 Å². The van der Waals surface area contributed by atoms with Crippen LogP contribution in [-0.4, -0.2) is 14.8 Å². The molecule has 0 bridgehead atoms. The average molecular weight is 347 g/mol. The van der Waals surface area contributed by atoms with Gasteiger partial charge in [-0.2, -0.15) is 5.10 Å². The van der Waals surface area contributed by atoms with Crippen molar-refractivity contribution in [1.29, 1.82) is 0 Å². The Morgan fingerprint density at radius 1 is 1.13 bits per heavy atom. The lowest BCUT2D eigenvalue weighted by molar-refractivity contribution is 0.574. The van der Waals surface area contributed by atoms with Gasteiger partial charge in [-0.1, -0.05) is 47.5 Å². The van der Waals surface area contributed by atoms with E-state index in [1.807, 2.05) is 24.3 Å². The minimum absolute atomic E-state index is 0.190. The van der Waals surface area contributed by atoms with Crippen LogP contribution in [0.15, 0.2) is 55.1 Å². The summed E-state index contributed by atoms with van der Waals surface area (Å²) in [5, 5.41) is 8.76. The lowest BCUT2D eigenvalue weighted by Gasteiger charge is -2.16. The molecule has 1 aromatic heterocycles. The average Bonchev–Trinajstić information content (AvgIpc) is 3.10. The van der Waals surface area contributed by atoms with Gasteiger partial charge in [-0.3, -0.25) is 0 Å². The zero-order chi connectivity index (χ0) is 16.2. The fourth-order valence-electron chi connectivity index (χ4n) is 2.32. The van der Waals surface area contributed by atoms with E-state index in [-0.39, 0.29) is 6.04 Å². The summed E-state index contributed by atoms with van der Waals surface area (Å²) < 4.78 is 1.73. The summed E-state index contributed by atoms with van der Waals surface area (Å²) in [6, 6.07) is 14.1. The van der Waals surface area contributed by atoms with Gasteiger partial charge in [0.2, 0.25) is 0 Å². The van der Waals surface area contributed by atoms with Crippen molar-refractivity contribution in [3.8, 4) is 5.69 Å². The van der Waals surface area contributed by atoms with Gasteiger partial charge in [-0.15, -0.1) is 0 Å². The van der Waals surface area contributed by atoms with Crippen LogP contribution in [-0.2, 0) is 6.54 Å². The van der Waals surface area contributed by atoms with Crippen LogP contribution in [0.2, 0.25) is 10.0 Å². The number of hydrogen-bond donors (Lipinski definition) is 1. The van der Waals surface area contributed by atoms with Crippen molar-refractivity contribution in [3.05, 3.63) is 76.3 Å². The minimum Gasteiger partial charge on any atom is -0.306 e. The molecule has 3 rings (SSSR count). The zero-order valence-electron chi connectivity index (χ0n) is 12.6. The molecule has 0 aliphatic carbocycles. The fourth-order valence-corrected chi connectivity index (χ4v) is 2.71. The van der Waals surface area contributed by atoms with Crippen LogP contribution >= 0.6 is 23.2 Å². The molecule has 0 aliphatic heterocycles. The summed E-state index contributed by atoms with van der Waals surface area (Å²) in [5.74, 6) is 0. The smallest absolute Gasteiger partial charge is 0.138 e. The molecule has 0 radical (unpaired) electrons. The number of halogens is 2. The molecular weight excluding hydrogens is 331 g/mol. The largest absolute Gasteiger partial charge is 0.306 e. The number of hydrogen-bond acceptors (Lipinski definition) is 3. The third-order valence-electron chi connectivity index (χ3n) is 3.71. The summed E-state index contributed by atoms with van der Waals surface area (Å²) in [4.78, 5) is 3.95. The molecule has 1 N–H and O–H groups in total. The van der Waals surface area contributed by atoms with Crippen molar-refractivity contribution in [2.24, 2.45) is 0 Å². The number of aromatic nitrogens is 3. The predicted molar refractivity (Wildman–Crippen MR) is 93.1 cm³/mol. The molecule has 118 valence electrons. The van der Waals surface area contributed by atoms with Crippen molar-refractivity contribution >= 4 is 23.2 Å². The van der Waals surface area contributed by atoms with Crippen LogP contribution in [0.5, 0.6) is 0 Å². The maximum Gasteiger partial charge on any atom is 0.138 e. The summed E-state index contributed by atoms with van der Waals surface area (Å²) in [6.45, 7) is 2.77. The molecule has 3 aromatic rings. The third-order valence-corrected chi connectivity index (χ3v) is 4.56. The Morgan fingerprint density at radius 3 is 2.61 bits per heavy atom. The first-order chi connectivity index (χ1) is 11.1. The summed E-state index contributed by atoms with van der Waals surface area (Å²) >= 11 is 12.3. The summed E-state index contributed by atoms with van der Waals surface area (Å²) in [6.07, 6.45) is 3.20. The van der Waals surface area contributed by atoms with Gasteiger partial charge in [0.1, 0.15) is 12.7 Å². The summed E-state index contributed by atoms with van der Waals surface area (Å²) in [7, 11) is 0. The lowest BCUT2D eigenvalue weighted by Crippen LogP contribution is -2.18. The molecule has 1 unspecified atom stereocenters. The highest BCUT2D eigenvalue weighted by Crippen LogP contribution is 2.26. The highest BCUT2D eigenvalue weighted by molar-refractivity contribution is 6.42. The lowest BCUT2D eigenvalue weighted by atomic mass is 10.1. The third kappa shape index (κ3) is 3.72. The van der Waals surface area contributed by atoms with Crippen LogP contribution in [0.4, 0.5) is 0 Å².